The zero-order valence-electron chi connectivity index (χ0n) is 15.9. The van der Waals surface area contributed by atoms with E-state index in [0.717, 1.165) is 27.2 Å². The second kappa shape index (κ2) is 8.67. The average Bonchev–Trinajstić information content (AvgIpc) is 2.91. The van der Waals surface area contributed by atoms with E-state index < -0.39 is 0 Å². The van der Waals surface area contributed by atoms with E-state index in [9.17, 15) is 4.79 Å². The summed E-state index contributed by atoms with van der Waals surface area (Å²) >= 11 is 8.90. The number of thiocarbonyl (C=S) groups is 1. The van der Waals surface area contributed by atoms with Crippen LogP contribution in [0.25, 0.3) is 0 Å². The number of Topliss-reactive ketones (excluding diaryl/α,β-unsaturated/α-hetero) is 1. The lowest BCUT2D eigenvalue weighted by Gasteiger charge is -2.11. The Morgan fingerprint density at radius 2 is 1.71 bits per heavy atom. The first-order chi connectivity index (χ1) is 13.3. The van der Waals surface area contributed by atoms with E-state index in [0.29, 0.717) is 17.2 Å². The summed E-state index contributed by atoms with van der Waals surface area (Å²) in [4.78, 5) is 11.4. The number of halogens is 1. The van der Waals surface area contributed by atoms with Crippen LogP contribution in [0.2, 0.25) is 0 Å². The van der Waals surface area contributed by atoms with E-state index in [4.69, 9.17) is 12.2 Å². The van der Waals surface area contributed by atoms with E-state index in [1.165, 1.54) is 5.56 Å². The first-order valence-electron chi connectivity index (χ1n) is 8.81. The van der Waals surface area contributed by atoms with Gasteiger partial charge in [-0.2, -0.15) is 5.10 Å². The Bertz CT molecular complexity index is 1010. The van der Waals surface area contributed by atoms with Crippen LogP contribution in [0, 0.1) is 13.8 Å². The standard InChI is InChI=1S/C21H21BrN4OS/c1-13-20(14(2)26(25-13)12-16-4-8-18(22)9-5-16)24-21(28)23-19-10-6-17(7-11-19)15(3)27/h4-11H,12H2,1-3H3,(H2,23,24,28). The predicted molar refractivity (Wildman–Crippen MR) is 121 cm³/mol. The number of carbonyl (C=O) groups excluding carboxylic acids is 1. The predicted octanol–water partition coefficient (Wildman–Crippen LogP) is 5.32. The molecule has 0 fully saturated rings. The number of ketones is 1. The topological polar surface area (TPSA) is 59.0 Å². The first-order valence-corrected chi connectivity index (χ1v) is 10.0. The summed E-state index contributed by atoms with van der Waals surface area (Å²) < 4.78 is 3.02. The van der Waals surface area contributed by atoms with Crippen molar-refractivity contribution in [2.75, 3.05) is 10.6 Å². The Labute approximate surface area is 178 Å². The summed E-state index contributed by atoms with van der Waals surface area (Å²) in [6, 6.07) is 15.4. The maximum absolute atomic E-state index is 11.4. The molecule has 0 saturated carbocycles. The minimum Gasteiger partial charge on any atom is -0.332 e. The molecule has 0 saturated heterocycles. The Balaban J connectivity index is 1.69. The van der Waals surface area contributed by atoms with Gasteiger partial charge in [-0.05, 0) is 75.0 Å². The molecule has 1 aromatic heterocycles. The Kier molecular flexibility index (Phi) is 6.26. The fraction of sp³-hybridized carbons (Fsp3) is 0.190. The van der Waals surface area contributed by atoms with E-state index in [1.54, 1.807) is 19.1 Å². The molecule has 3 rings (SSSR count). The van der Waals surface area contributed by atoms with Gasteiger partial charge in [0, 0.05) is 15.7 Å². The number of benzene rings is 2. The van der Waals surface area contributed by atoms with Crippen molar-refractivity contribution >= 4 is 50.4 Å². The number of rotatable bonds is 5. The molecule has 2 N–H and O–H groups in total. The summed E-state index contributed by atoms with van der Waals surface area (Å²) in [5.74, 6) is 0.0386. The van der Waals surface area contributed by atoms with Gasteiger partial charge >= 0.3 is 0 Å². The smallest absolute Gasteiger partial charge is 0.175 e. The van der Waals surface area contributed by atoms with Gasteiger partial charge in [-0.3, -0.25) is 9.48 Å². The number of nitrogens with zero attached hydrogens (tertiary/aromatic N) is 2. The lowest BCUT2D eigenvalue weighted by molar-refractivity contribution is 0.101. The molecule has 5 nitrogen and oxygen atoms in total. The van der Waals surface area contributed by atoms with Crippen LogP contribution in [-0.4, -0.2) is 20.7 Å². The van der Waals surface area contributed by atoms with Gasteiger partial charge in [-0.25, -0.2) is 0 Å². The van der Waals surface area contributed by atoms with Gasteiger partial charge in [0.2, 0.25) is 0 Å². The van der Waals surface area contributed by atoms with E-state index in [1.807, 2.05) is 42.8 Å². The van der Waals surface area contributed by atoms with Gasteiger partial charge in [-0.15, -0.1) is 0 Å². The molecule has 1 heterocycles. The molecule has 2 aromatic carbocycles. The lowest BCUT2D eigenvalue weighted by Crippen LogP contribution is -2.20. The summed E-state index contributed by atoms with van der Waals surface area (Å²) in [6.45, 7) is 6.21. The third kappa shape index (κ3) is 4.85. The van der Waals surface area contributed by atoms with Crippen LogP contribution in [-0.2, 0) is 6.54 Å². The molecule has 0 unspecified atom stereocenters. The van der Waals surface area contributed by atoms with Crippen LogP contribution in [0.1, 0.15) is 34.2 Å². The fourth-order valence-electron chi connectivity index (χ4n) is 2.86. The highest BCUT2D eigenvalue weighted by Gasteiger charge is 2.13. The van der Waals surface area contributed by atoms with Gasteiger partial charge in [0.15, 0.2) is 10.9 Å². The van der Waals surface area contributed by atoms with Crippen molar-refractivity contribution in [3.8, 4) is 0 Å². The molecular formula is C21H21BrN4OS. The molecule has 7 heteroatoms. The SMILES string of the molecule is CC(=O)c1ccc(NC(=S)Nc2c(C)nn(Cc3ccc(Br)cc3)c2C)cc1. The molecule has 144 valence electrons. The summed E-state index contributed by atoms with van der Waals surface area (Å²) in [7, 11) is 0. The Morgan fingerprint density at radius 1 is 1.07 bits per heavy atom. The molecule has 0 aliphatic heterocycles. The number of nitrogens with one attached hydrogen (secondary N) is 2. The number of carbonyl (C=O) groups is 1. The van der Waals surface area contributed by atoms with Crippen molar-refractivity contribution in [1.29, 1.82) is 0 Å². The second-order valence-corrected chi connectivity index (χ2v) is 7.87. The highest BCUT2D eigenvalue weighted by Crippen LogP contribution is 2.21. The third-order valence-corrected chi connectivity index (χ3v) is 5.15. The summed E-state index contributed by atoms with van der Waals surface area (Å²) in [5.41, 5.74) is 5.45. The quantitative estimate of drug-likeness (QED) is 0.401. The average molecular weight is 457 g/mol. The maximum Gasteiger partial charge on any atom is 0.175 e. The maximum atomic E-state index is 11.4. The molecule has 0 atom stereocenters. The number of anilines is 2. The molecule has 0 aliphatic rings. The third-order valence-electron chi connectivity index (χ3n) is 4.41. The van der Waals surface area contributed by atoms with E-state index >= 15 is 0 Å². The summed E-state index contributed by atoms with van der Waals surface area (Å²) in [5, 5.41) is 11.5. The van der Waals surface area contributed by atoms with Crippen LogP contribution < -0.4 is 10.6 Å². The van der Waals surface area contributed by atoms with Gasteiger partial charge in [0.05, 0.1) is 23.6 Å². The molecule has 3 aromatic rings. The van der Waals surface area contributed by atoms with Crippen LogP contribution in [0.5, 0.6) is 0 Å². The Hall–Kier alpha value is -2.51. The molecule has 0 spiro atoms. The van der Waals surface area contributed by atoms with Gasteiger partial charge in [-0.1, -0.05) is 28.1 Å². The van der Waals surface area contributed by atoms with Crippen molar-refractivity contribution in [3.05, 3.63) is 75.5 Å². The second-order valence-electron chi connectivity index (χ2n) is 6.54. The number of hydrogen-bond acceptors (Lipinski definition) is 3. The molecule has 0 bridgehead atoms. The lowest BCUT2D eigenvalue weighted by atomic mass is 10.1. The number of aromatic nitrogens is 2. The van der Waals surface area contributed by atoms with Crippen LogP contribution >= 0.6 is 28.1 Å². The fourth-order valence-corrected chi connectivity index (χ4v) is 3.34. The molecule has 0 amide bonds. The van der Waals surface area contributed by atoms with Crippen molar-refractivity contribution in [2.45, 2.75) is 27.3 Å². The van der Waals surface area contributed by atoms with Crippen molar-refractivity contribution in [2.24, 2.45) is 0 Å². The minimum absolute atomic E-state index is 0.0386. The van der Waals surface area contributed by atoms with E-state index in [2.05, 4.69) is 43.8 Å². The molecule has 0 radical (unpaired) electrons. The zero-order chi connectivity index (χ0) is 20.3. The van der Waals surface area contributed by atoms with Gasteiger partial charge < -0.3 is 10.6 Å². The van der Waals surface area contributed by atoms with Gasteiger partial charge in [0.25, 0.3) is 0 Å². The molecular weight excluding hydrogens is 436 g/mol. The number of aryl methyl sites for hydroxylation is 1. The largest absolute Gasteiger partial charge is 0.332 e. The van der Waals surface area contributed by atoms with Crippen LogP contribution in [0.3, 0.4) is 0 Å². The monoisotopic (exact) mass is 456 g/mol. The first kappa shape index (κ1) is 20.2. The van der Waals surface area contributed by atoms with Crippen LogP contribution in [0.15, 0.2) is 53.0 Å². The van der Waals surface area contributed by atoms with Crippen molar-refractivity contribution in [1.82, 2.24) is 9.78 Å². The Morgan fingerprint density at radius 3 is 2.32 bits per heavy atom. The molecule has 0 aliphatic carbocycles. The van der Waals surface area contributed by atoms with Crippen LogP contribution in [0.4, 0.5) is 11.4 Å². The highest BCUT2D eigenvalue weighted by atomic mass is 79.9. The van der Waals surface area contributed by atoms with E-state index in [-0.39, 0.29) is 5.78 Å². The van der Waals surface area contributed by atoms with Gasteiger partial charge in [0.1, 0.15) is 0 Å². The minimum atomic E-state index is 0.0386. The normalized spacial score (nSPS) is 10.6. The van der Waals surface area contributed by atoms with Crippen molar-refractivity contribution in [3.63, 3.8) is 0 Å². The number of hydrogen-bond donors (Lipinski definition) is 2. The van der Waals surface area contributed by atoms with Crippen molar-refractivity contribution < 1.29 is 4.79 Å². The highest BCUT2D eigenvalue weighted by molar-refractivity contribution is 9.10. The molecule has 28 heavy (non-hydrogen) atoms. The summed E-state index contributed by atoms with van der Waals surface area (Å²) in [6.07, 6.45) is 0. The zero-order valence-corrected chi connectivity index (χ0v) is 18.3.